The summed E-state index contributed by atoms with van der Waals surface area (Å²) in [5.74, 6) is 1.35. The maximum absolute atomic E-state index is 13.2. The molecule has 3 heterocycles. The molecule has 1 atom stereocenters. The van der Waals surface area contributed by atoms with Gasteiger partial charge in [-0.25, -0.2) is 0 Å². The van der Waals surface area contributed by atoms with E-state index in [2.05, 4.69) is 12.1 Å². The molecular weight excluding hydrogens is 368 g/mol. The summed E-state index contributed by atoms with van der Waals surface area (Å²) in [5, 5.41) is 0. The number of amides is 2. The summed E-state index contributed by atoms with van der Waals surface area (Å²) in [7, 11) is 0. The van der Waals surface area contributed by atoms with Crippen LogP contribution in [0.2, 0.25) is 0 Å². The van der Waals surface area contributed by atoms with Crippen molar-refractivity contribution >= 4 is 11.8 Å². The van der Waals surface area contributed by atoms with Gasteiger partial charge in [0, 0.05) is 25.6 Å². The molecule has 0 aliphatic carbocycles. The van der Waals surface area contributed by atoms with Crippen molar-refractivity contribution in [3.05, 3.63) is 54.0 Å². The average Bonchev–Trinajstić information content (AvgIpc) is 3.46. The minimum atomic E-state index is -0.0886. The molecule has 2 fully saturated rings. The van der Waals surface area contributed by atoms with Crippen LogP contribution in [0.3, 0.4) is 0 Å². The minimum absolute atomic E-state index is 0.0149. The van der Waals surface area contributed by atoms with Crippen molar-refractivity contribution in [3.63, 3.8) is 0 Å². The van der Waals surface area contributed by atoms with Crippen LogP contribution in [0, 0.1) is 5.92 Å². The molecule has 2 aromatic rings. The van der Waals surface area contributed by atoms with Crippen molar-refractivity contribution < 1.29 is 18.7 Å². The van der Waals surface area contributed by atoms with Gasteiger partial charge in [0.05, 0.1) is 18.9 Å². The zero-order valence-electron chi connectivity index (χ0n) is 16.9. The smallest absolute Gasteiger partial charge is 0.289 e. The fourth-order valence-corrected chi connectivity index (χ4v) is 4.45. The predicted molar refractivity (Wildman–Crippen MR) is 109 cm³/mol. The molecule has 29 heavy (non-hydrogen) atoms. The summed E-state index contributed by atoms with van der Waals surface area (Å²) in [5.41, 5.74) is 1.17. The van der Waals surface area contributed by atoms with Crippen LogP contribution in [0.5, 0.6) is 5.75 Å². The summed E-state index contributed by atoms with van der Waals surface area (Å²) in [6.07, 6.45) is 4.95. The second-order valence-corrected chi connectivity index (χ2v) is 7.74. The lowest BCUT2D eigenvalue weighted by molar-refractivity contribution is -0.137. The number of hydrogen-bond acceptors (Lipinski definition) is 4. The van der Waals surface area contributed by atoms with E-state index >= 15 is 0 Å². The zero-order valence-corrected chi connectivity index (χ0v) is 16.9. The predicted octanol–water partition coefficient (Wildman–Crippen LogP) is 3.89. The third kappa shape index (κ3) is 4.16. The molecule has 0 N–H and O–H groups in total. The van der Waals surface area contributed by atoms with Gasteiger partial charge in [0.25, 0.3) is 5.91 Å². The Balaban J connectivity index is 1.37. The molecule has 0 spiro atoms. The molecule has 0 saturated carbocycles. The maximum Gasteiger partial charge on any atom is 0.289 e. The Bertz CT molecular complexity index is 823. The number of hydrogen-bond donors (Lipinski definition) is 0. The van der Waals surface area contributed by atoms with Crippen LogP contribution in [-0.4, -0.2) is 47.9 Å². The van der Waals surface area contributed by atoms with Crippen LogP contribution in [0.15, 0.2) is 47.1 Å². The first kappa shape index (κ1) is 19.6. The van der Waals surface area contributed by atoms with E-state index in [9.17, 15) is 9.59 Å². The molecule has 2 amide bonds. The number of piperidine rings is 1. The molecule has 0 radical (unpaired) electrons. The van der Waals surface area contributed by atoms with E-state index < -0.39 is 0 Å². The fourth-order valence-electron chi connectivity index (χ4n) is 4.45. The van der Waals surface area contributed by atoms with Gasteiger partial charge in [0.2, 0.25) is 5.91 Å². The van der Waals surface area contributed by atoms with E-state index in [4.69, 9.17) is 9.15 Å². The Morgan fingerprint density at radius 2 is 1.83 bits per heavy atom. The summed E-state index contributed by atoms with van der Waals surface area (Å²) in [4.78, 5) is 29.5. The van der Waals surface area contributed by atoms with Gasteiger partial charge in [-0.05, 0) is 62.4 Å². The Labute approximate surface area is 171 Å². The maximum atomic E-state index is 13.2. The molecule has 2 saturated heterocycles. The van der Waals surface area contributed by atoms with Gasteiger partial charge < -0.3 is 19.0 Å². The first-order chi connectivity index (χ1) is 14.2. The highest BCUT2D eigenvalue weighted by Gasteiger charge is 2.36. The lowest BCUT2D eigenvalue weighted by atomic mass is 9.94. The van der Waals surface area contributed by atoms with Crippen LogP contribution < -0.4 is 4.74 Å². The van der Waals surface area contributed by atoms with Gasteiger partial charge in [-0.2, -0.15) is 0 Å². The van der Waals surface area contributed by atoms with Crippen molar-refractivity contribution in [1.29, 1.82) is 0 Å². The highest BCUT2D eigenvalue weighted by atomic mass is 16.5. The fraction of sp³-hybridized carbons (Fsp3) is 0.478. The number of carbonyl (C=O) groups excluding carboxylic acids is 2. The highest BCUT2D eigenvalue weighted by molar-refractivity contribution is 5.91. The number of ether oxygens (including phenoxy) is 1. The molecule has 1 aromatic heterocycles. The third-order valence-electron chi connectivity index (χ3n) is 5.98. The molecule has 0 unspecified atom stereocenters. The van der Waals surface area contributed by atoms with Crippen molar-refractivity contribution in [1.82, 2.24) is 9.80 Å². The minimum Gasteiger partial charge on any atom is -0.494 e. The second kappa shape index (κ2) is 8.72. The van der Waals surface area contributed by atoms with E-state index in [0.29, 0.717) is 38.3 Å². The zero-order chi connectivity index (χ0) is 20.2. The monoisotopic (exact) mass is 396 g/mol. The Hall–Kier alpha value is -2.76. The number of likely N-dealkylation sites (tertiary alicyclic amines) is 2. The molecule has 154 valence electrons. The first-order valence-electron chi connectivity index (χ1n) is 10.5. The van der Waals surface area contributed by atoms with Crippen LogP contribution in [0.4, 0.5) is 0 Å². The van der Waals surface area contributed by atoms with Gasteiger partial charge in [0.15, 0.2) is 5.76 Å². The summed E-state index contributed by atoms with van der Waals surface area (Å²) in [6, 6.07) is 11.7. The molecule has 0 bridgehead atoms. The summed E-state index contributed by atoms with van der Waals surface area (Å²) >= 11 is 0. The summed E-state index contributed by atoms with van der Waals surface area (Å²) < 4.78 is 10.7. The number of rotatable bonds is 5. The van der Waals surface area contributed by atoms with Gasteiger partial charge in [-0.3, -0.25) is 9.59 Å². The molecule has 4 rings (SSSR count). The average molecular weight is 396 g/mol. The number of nitrogens with zero attached hydrogens (tertiary/aromatic N) is 2. The van der Waals surface area contributed by atoms with Crippen LogP contribution >= 0.6 is 0 Å². The van der Waals surface area contributed by atoms with Crippen LogP contribution in [0.25, 0.3) is 0 Å². The van der Waals surface area contributed by atoms with E-state index in [-0.39, 0.29) is 23.8 Å². The largest absolute Gasteiger partial charge is 0.494 e. The van der Waals surface area contributed by atoms with E-state index in [1.807, 2.05) is 24.0 Å². The highest BCUT2D eigenvalue weighted by Crippen LogP contribution is 2.35. The van der Waals surface area contributed by atoms with E-state index in [1.165, 1.54) is 11.8 Å². The van der Waals surface area contributed by atoms with Gasteiger partial charge >= 0.3 is 0 Å². The SMILES string of the molecule is CCOc1ccc([C@H]2CCCN2C(=O)C2CCN(C(=O)c3ccco3)CC2)cc1. The molecule has 2 aliphatic rings. The van der Waals surface area contributed by atoms with E-state index in [1.54, 1.807) is 17.0 Å². The number of carbonyl (C=O) groups is 2. The van der Waals surface area contributed by atoms with Crippen LogP contribution in [0.1, 0.15) is 54.8 Å². The van der Waals surface area contributed by atoms with Crippen molar-refractivity contribution in [3.8, 4) is 5.75 Å². The van der Waals surface area contributed by atoms with Gasteiger partial charge in [-0.1, -0.05) is 12.1 Å². The number of furan rings is 1. The summed E-state index contributed by atoms with van der Waals surface area (Å²) in [6.45, 7) is 4.62. The topological polar surface area (TPSA) is 63.0 Å². The Morgan fingerprint density at radius 1 is 1.07 bits per heavy atom. The van der Waals surface area contributed by atoms with Crippen molar-refractivity contribution in [2.45, 2.75) is 38.6 Å². The van der Waals surface area contributed by atoms with Crippen LogP contribution in [-0.2, 0) is 4.79 Å². The Morgan fingerprint density at radius 3 is 2.48 bits per heavy atom. The molecule has 1 aromatic carbocycles. The lowest BCUT2D eigenvalue weighted by Gasteiger charge is -2.34. The molecule has 2 aliphatic heterocycles. The molecular formula is C23H28N2O4. The number of benzene rings is 1. The lowest BCUT2D eigenvalue weighted by Crippen LogP contribution is -2.44. The first-order valence-corrected chi connectivity index (χ1v) is 10.5. The van der Waals surface area contributed by atoms with E-state index in [0.717, 1.165) is 25.1 Å². The van der Waals surface area contributed by atoms with Gasteiger partial charge in [0.1, 0.15) is 5.75 Å². The quantitative estimate of drug-likeness (QED) is 0.769. The molecule has 6 nitrogen and oxygen atoms in total. The molecule has 6 heteroatoms. The third-order valence-corrected chi connectivity index (χ3v) is 5.98. The standard InChI is InChI=1S/C23H28N2O4/c1-2-28-19-9-7-17(8-10-19)20-5-3-13-25(20)22(26)18-11-14-24(15-12-18)23(27)21-6-4-16-29-21/h4,6-10,16,18,20H,2-3,5,11-15H2,1H3/t20-/m1/s1. The van der Waals surface area contributed by atoms with Crippen molar-refractivity contribution in [2.75, 3.05) is 26.2 Å². The van der Waals surface area contributed by atoms with Gasteiger partial charge in [-0.15, -0.1) is 0 Å². The second-order valence-electron chi connectivity index (χ2n) is 7.74. The Kier molecular flexibility index (Phi) is 5.88. The van der Waals surface area contributed by atoms with Crippen molar-refractivity contribution in [2.24, 2.45) is 5.92 Å². The normalized spacial score (nSPS) is 20.1.